The maximum Gasteiger partial charge on any atom is 0.223 e. The third-order valence-corrected chi connectivity index (χ3v) is 5.67. The number of amides is 2. The second-order valence-electron chi connectivity index (χ2n) is 9.35. The van der Waals surface area contributed by atoms with E-state index in [0.717, 1.165) is 43.3 Å². The summed E-state index contributed by atoms with van der Waals surface area (Å²) in [4.78, 5) is 37.7. The molecule has 3 heterocycles. The lowest BCUT2D eigenvalue weighted by molar-refractivity contribution is -0.134. The van der Waals surface area contributed by atoms with Gasteiger partial charge in [0.1, 0.15) is 11.6 Å². The zero-order chi connectivity index (χ0) is 20.5. The summed E-state index contributed by atoms with van der Waals surface area (Å²) in [6.45, 7) is 8.52. The Labute approximate surface area is 167 Å². The van der Waals surface area contributed by atoms with Crippen LogP contribution in [0.1, 0.15) is 69.8 Å². The average Bonchev–Trinajstić information content (AvgIpc) is 2.99. The van der Waals surface area contributed by atoms with Crippen molar-refractivity contribution in [2.45, 2.75) is 58.3 Å². The Hall–Kier alpha value is -2.18. The van der Waals surface area contributed by atoms with Gasteiger partial charge in [-0.15, -0.1) is 0 Å². The number of carbonyl (C=O) groups is 2. The Morgan fingerprint density at radius 3 is 2.43 bits per heavy atom. The van der Waals surface area contributed by atoms with Crippen molar-refractivity contribution in [1.29, 1.82) is 0 Å². The summed E-state index contributed by atoms with van der Waals surface area (Å²) in [6.07, 6.45) is 2.85. The summed E-state index contributed by atoms with van der Waals surface area (Å²) >= 11 is 0. The Bertz CT molecular complexity index is 735. The summed E-state index contributed by atoms with van der Waals surface area (Å²) < 4.78 is 0. The van der Waals surface area contributed by atoms with Gasteiger partial charge in [-0.2, -0.15) is 0 Å². The van der Waals surface area contributed by atoms with E-state index in [0.29, 0.717) is 19.4 Å². The molecular formula is C21H33N5O2. The van der Waals surface area contributed by atoms with Crippen molar-refractivity contribution in [3.63, 3.8) is 0 Å². The zero-order valence-electron chi connectivity index (χ0n) is 17.8. The highest BCUT2D eigenvalue weighted by Gasteiger charge is 2.32. The van der Waals surface area contributed by atoms with Crippen LogP contribution in [0.2, 0.25) is 0 Å². The van der Waals surface area contributed by atoms with Crippen LogP contribution in [0.3, 0.4) is 0 Å². The number of anilines is 1. The van der Waals surface area contributed by atoms with Gasteiger partial charge in [0.2, 0.25) is 11.8 Å². The summed E-state index contributed by atoms with van der Waals surface area (Å²) in [5, 5.41) is 3.13. The van der Waals surface area contributed by atoms with Crippen LogP contribution in [-0.4, -0.2) is 65.3 Å². The van der Waals surface area contributed by atoms with E-state index in [-0.39, 0.29) is 29.1 Å². The molecule has 7 nitrogen and oxygen atoms in total. The number of nitrogens with one attached hydrogen (secondary N) is 1. The van der Waals surface area contributed by atoms with E-state index in [1.807, 2.05) is 25.1 Å². The van der Waals surface area contributed by atoms with Crippen molar-refractivity contribution in [3.05, 3.63) is 17.6 Å². The molecule has 3 rings (SSSR count). The molecule has 1 aromatic heterocycles. The van der Waals surface area contributed by atoms with E-state index in [2.05, 4.69) is 26.1 Å². The van der Waals surface area contributed by atoms with Gasteiger partial charge in [-0.3, -0.25) is 9.59 Å². The van der Waals surface area contributed by atoms with Crippen molar-refractivity contribution in [2.24, 2.45) is 5.41 Å². The first-order valence-electron chi connectivity index (χ1n) is 10.2. The predicted octanol–water partition coefficient (Wildman–Crippen LogP) is 2.61. The maximum absolute atomic E-state index is 12.5. The molecular weight excluding hydrogens is 354 g/mol. The molecule has 1 aromatic rings. The third-order valence-electron chi connectivity index (χ3n) is 5.67. The molecule has 2 fully saturated rings. The summed E-state index contributed by atoms with van der Waals surface area (Å²) in [5.74, 6) is 2.42. The molecule has 0 aromatic carbocycles. The first kappa shape index (κ1) is 20.6. The molecule has 2 saturated heterocycles. The van der Waals surface area contributed by atoms with E-state index in [4.69, 9.17) is 9.97 Å². The van der Waals surface area contributed by atoms with E-state index < -0.39 is 0 Å². The number of hydrogen-bond acceptors (Lipinski definition) is 5. The highest BCUT2D eigenvalue weighted by Crippen LogP contribution is 2.32. The topological polar surface area (TPSA) is 78.4 Å². The second-order valence-corrected chi connectivity index (χ2v) is 9.35. The molecule has 2 aliphatic heterocycles. The maximum atomic E-state index is 12.5. The van der Waals surface area contributed by atoms with Gasteiger partial charge in [0.05, 0.1) is 5.69 Å². The Morgan fingerprint density at radius 1 is 1.21 bits per heavy atom. The summed E-state index contributed by atoms with van der Waals surface area (Å²) in [6, 6.07) is 1.96. The number of rotatable bonds is 4. The van der Waals surface area contributed by atoms with Crippen LogP contribution in [0.5, 0.6) is 0 Å². The molecule has 28 heavy (non-hydrogen) atoms. The van der Waals surface area contributed by atoms with Crippen LogP contribution in [0.15, 0.2) is 6.07 Å². The Kier molecular flexibility index (Phi) is 5.91. The van der Waals surface area contributed by atoms with E-state index in [1.165, 1.54) is 0 Å². The van der Waals surface area contributed by atoms with Gasteiger partial charge in [-0.25, -0.2) is 9.97 Å². The number of nitrogens with zero attached hydrogens (tertiary/aromatic N) is 4. The van der Waals surface area contributed by atoms with E-state index in [1.54, 1.807) is 4.90 Å². The number of likely N-dealkylation sites (N-methyl/N-ethyl adjacent to an activating group) is 1. The zero-order valence-corrected chi connectivity index (χ0v) is 17.8. The van der Waals surface area contributed by atoms with Gasteiger partial charge in [-0.1, -0.05) is 20.8 Å². The molecule has 0 radical (unpaired) electrons. The molecule has 0 saturated carbocycles. The summed E-state index contributed by atoms with van der Waals surface area (Å²) in [7, 11) is 3.70. The van der Waals surface area contributed by atoms with E-state index in [9.17, 15) is 9.59 Å². The lowest BCUT2D eigenvalue weighted by atomic mass is 9.90. The quantitative estimate of drug-likeness (QED) is 0.859. The van der Waals surface area contributed by atoms with Gasteiger partial charge in [0, 0.05) is 64.5 Å². The Morgan fingerprint density at radius 2 is 1.89 bits per heavy atom. The molecule has 1 atom stereocenters. The Balaban J connectivity index is 1.70. The normalized spacial score (nSPS) is 21.3. The van der Waals surface area contributed by atoms with Crippen LogP contribution in [0, 0.1) is 5.41 Å². The fourth-order valence-electron chi connectivity index (χ4n) is 4.02. The molecule has 154 valence electrons. The fraction of sp³-hybridized carbons (Fsp3) is 0.714. The minimum atomic E-state index is 0.0128. The smallest absolute Gasteiger partial charge is 0.223 e. The molecule has 0 bridgehead atoms. The van der Waals surface area contributed by atoms with Crippen LogP contribution < -0.4 is 5.32 Å². The van der Waals surface area contributed by atoms with Crippen molar-refractivity contribution in [3.8, 4) is 0 Å². The highest BCUT2D eigenvalue weighted by molar-refractivity contribution is 5.79. The number of piperidine rings is 1. The molecule has 1 N–H and O–H groups in total. The van der Waals surface area contributed by atoms with Crippen LogP contribution >= 0.6 is 0 Å². The second kappa shape index (κ2) is 8.05. The van der Waals surface area contributed by atoms with Gasteiger partial charge < -0.3 is 15.1 Å². The van der Waals surface area contributed by atoms with Crippen molar-refractivity contribution in [1.82, 2.24) is 19.8 Å². The average molecular weight is 388 g/mol. The minimum Gasteiger partial charge on any atom is -0.373 e. The van der Waals surface area contributed by atoms with Crippen LogP contribution in [-0.2, 0) is 9.59 Å². The molecule has 0 unspecified atom stereocenters. The predicted molar refractivity (Wildman–Crippen MR) is 109 cm³/mol. The fourth-order valence-corrected chi connectivity index (χ4v) is 4.02. The van der Waals surface area contributed by atoms with Gasteiger partial charge in [0.15, 0.2) is 0 Å². The molecule has 2 amide bonds. The molecule has 0 spiro atoms. The largest absolute Gasteiger partial charge is 0.373 e. The van der Waals surface area contributed by atoms with Gasteiger partial charge in [0.25, 0.3) is 0 Å². The lowest BCUT2D eigenvalue weighted by Gasteiger charge is -2.33. The number of hydrogen-bond donors (Lipinski definition) is 1. The van der Waals surface area contributed by atoms with Crippen LogP contribution in [0.25, 0.3) is 0 Å². The van der Waals surface area contributed by atoms with E-state index >= 15 is 0 Å². The number of carbonyl (C=O) groups excluding carboxylic acids is 2. The van der Waals surface area contributed by atoms with Crippen molar-refractivity contribution >= 4 is 17.6 Å². The van der Waals surface area contributed by atoms with Gasteiger partial charge in [-0.05, 0) is 18.3 Å². The highest BCUT2D eigenvalue weighted by atomic mass is 16.2. The number of likely N-dealkylation sites (tertiary alicyclic amines) is 2. The van der Waals surface area contributed by atoms with Gasteiger partial charge >= 0.3 is 0 Å². The van der Waals surface area contributed by atoms with Crippen LogP contribution in [0.4, 0.5) is 5.82 Å². The molecule has 7 heteroatoms. The lowest BCUT2D eigenvalue weighted by Crippen LogP contribution is -2.39. The first-order chi connectivity index (χ1) is 13.2. The SMILES string of the molecule is CNc1cc([C@@H]2CC(=O)N(C)C2)nc(C2CCN(C(=O)CC(C)(C)C)CC2)n1. The monoisotopic (exact) mass is 387 g/mol. The number of aromatic nitrogens is 2. The minimum absolute atomic E-state index is 0.0128. The third kappa shape index (κ3) is 4.80. The van der Waals surface area contributed by atoms with Crippen molar-refractivity contribution < 1.29 is 9.59 Å². The standard InChI is InChI=1S/C21H33N5O2/c1-21(2,3)12-19(28)26-8-6-14(7-9-26)20-23-16(11-17(22-4)24-20)15-10-18(27)25(5)13-15/h11,14-15H,6-10,12-13H2,1-5H3,(H,22,23,24)/t15-/m1/s1. The molecule has 0 aliphatic carbocycles. The molecule has 2 aliphatic rings. The summed E-state index contributed by atoms with van der Waals surface area (Å²) in [5.41, 5.74) is 0.956. The first-order valence-corrected chi connectivity index (χ1v) is 10.2. The van der Waals surface area contributed by atoms with Crippen molar-refractivity contribution in [2.75, 3.05) is 39.0 Å².